The summed E-state index contributed by atoms with van der Waals surface area (Å²) < 4.78 is 0. The first-order valence-electron chi connectivity index (χ1n) is 5.70. The molecule has 0 aliphatic heterocycles. The smallest absolute Gasteiger partial charge is 0.0314 e. The molecule has 0 aromatic rings. The molecular weight excluding hydrogens is 168 g/mol. The molecule has 0 saturated carbocycles. The average Bonchev–Trinajstić information content (AvgIpc) is 2.15. The quantitative estimate of drug-likeness (QED) is 0.392. The van der Waals surface area contributed by atoms with Gasteiger partial charge in [0.05, 0.1) is 0 Å². The summed E-state index contributed by atoms with van der Waals surface area (Å²) in [5.41, 5.74) is 1.42. The molecular formula is C14H24. The molecule has 0 unspecified atom stereocenters. The largest absolute Gasteiger partial charge is 0.0888 e. The SMILES string of the molecule is CC/C=C/CC/C=C/CCC=C(C)C. The zero-order valence-corrected chi connectivity index (χ0v) is 9.92. The molecule has 0 heterocycles. The van der Waals surface area contributed by atoms with Crippen LogP contribution in [-0.4, -0.2) is 0 Å². The van der Waals surface area contributed by atoms with Crippen molar-refractivity contribution in [3.05, 3.63) is 36.0 Å². The molecule has 0 heteroatoms. The third-order valence-electron chi connectivity index (χ3n) is 1.95. The molecule has 0 bridgehead atoms. The second kappa shape index (κ2) is 10.3. The van der Waals surface area contributed by atoms with Crippen LogP contribution >= 0.6 is 0 Å². The molecule has 80 valence electrons. The summed E-state index contributed by atoms with van der Waals surface area (Å²) in [5, 5.41) is 0. The van der Waals surface area contributed by atoms with Gasteiger partial charge < -0.3 is 0 Å². The zero-order valence-electron chi connectivity index (χ0n) is 9.92. The Balaban J connectivity index is 3.28. The van der Waals surface area contributed by atoms with Gasteiger partial charge in [-0.05, 0) is 46.0 Å². The fourth-order valence-electron chi connectivity index (χ4n) is 1.18. The summed E-state index contributed by atoms with van der Waals surface area (Å²) in [7, 11) is 0. The van der Waals surface area contributed by atoms with Gasteiger partial charge in [-0.3, -0.25) is 0 Å². The fraction of sp³-hybridized carbons (Fsp3) is 0.571. The van der Waals surface area contributed by atoms with Gasteiger partial charge in [-0.25, -0.2) is 0 Å². The van der Waals surface area contributed by atoms with Crippen LogP contribution in [0.15, 0.2) is 36.0 Å². The Morgan fingerprint density at radius 3 is 1.79 bits per heavy atom. The highest BCUT2D eigenvalue weighted by molar-refractivity contribution is 4.95. The Morgan fingerprint density at radius 1 is 0.786 bits per heavy atom. The molecule has 0 spiro atoms. The molecule has 0 fully saturated rings. The normalized spacial score (nSPS) is 11.4. The second-order valence-corrected chi connectivity index (χ2v) is 3.79. The van der Waals surface area contributed by atoms with Crippen molar-refractivity contribution in [3.8, 4) is 0 Å². The van der Waals surface area contributed by atoms with E-state index in [0.29, 0.717) is 0 Å². The highest BCUT2D eigenvalue weighted by atomic mass is 13.9. The number of hydrogen-bond acceptors (Lipinski definition) is 0. The third-order valence-corrected chi connectivity index (χ3v) is 1.95. The molecule has 0 N–H and O–H groups in total. The predicted octanol–water partition coefficient (Wildman–Crippen LogP) is 5.04. The summed E-state index contributed by atoms with van der Waals surface area (Å²) in [4.78, 5) is 0. The van der Waals surface area contributed by atoms with Gasteiger partial charge in [0.2, 0.25) is 0 Å². The maximum atomic E-state index is 2.29. The highest BCUT2D eigenvalue weighted by Gasteiger charge is 1.79. The molecule has 0 aromatic heterocycles. The van der Waals surface area contributed by atoms with E-state index in [4.69, 9.17) is 0 Å². The van der Waals surface area contributed by atoms with Crippen molar-refractivity contribution in [3.63, 3.8) is 0 Å². The number of hydrogen-bond donors (Lipinski definition) is 0. The van der Waals surface area contributed by atoms with Gasteiger partial charge in [0.15, 0.2) is 0 Å². The second-order valence-electron chi connectivity index (χ2n) is 3.79. The molecule has 0 saturated heterocycles. The van der Waals surface area contributed by atoms with Crippen molar-refractivity contribution in [2.75, 3.05) is 0 Å². The van der Waals surface area contributed by atoms with Crippen molar-refractivity contribution in [1.29, 1.82) is 0 Å². The lowest BCUT2D eigenvalue weighted by Crippen LogP contribution is -1.69. The van der Waals surface area contributed by atoms with Gasteiger partial charge in [0.1, 0.15) is 0 Å². The van der Waals surface area contributed by atoms with Crippen molar-refractivity contribution in [2.45, 2.75) is 52.9 Å². The molecule has 0 rings (SSSR count). The number of allylic oxidation sites excluding steroid dienone is 6. The van der Waals surface area contributed by atoms with Crippen LogP contribution in [0.25, 0.3) is 0 Å². The first-order valence-corrected chi connectivity index (χ1v) is 5.70. The summed E-state index contributed by atoms with van der Waals surface area (Å²) in [6.07, 6.45) is 17.3. The van der Waals surface area contributed by atoms with Crippen LogP contribution in [0, 0.1) is 0 Å². The maximum Gasteiger partial charge on any atom is -0.0314 e. The van der Waals surface area contributed by atoms with Crippen molar-refractivity contribution >= 4 is 0 Å². The van der Waals surface area contributed by atoms with Crippen molar-refractivity contribution in [1.82, 2.24) is 0 Å². The van der Waals surface area contributed by atoms with Crippen LogP contribution in [0.3, 0.4) is 0 Å². The minimum Gasteiger partial charge on any atom is -0.0888 e. The van der Waals surface area contributed by atoms with E-state index in [2.05, 4.69) is 51.2 Å². The molecule has 0 aliphatic rings. The monoisotopic (exact) mass is 192 g/mol. The summed E-state index contributed by atoms with van der Waals surface area (Å²) in [5.74, 6) is 0. The van der Waals surface area contributed by atoms with E-state index in [0.717, 1.165) is 6.42 Å². The average molecular weight is 192 g/mol. The summed E-state index contributed by atoms with van der Waals surface area (Å²) in [6.45, 7) is 6.48. The first kappa shape index (κ1) is 13.2. The first-order chi connectivity index (χ1) is 6.77. The molecule has 0 aromatic carbocycles. The van der Waals surface area contributed by atoms with E-state index in [1.54, 1.807) is 0 Å². The highest BCUT2D eigenvalue weighted by Crippen LogP contribution is 2.00. The number of rotatable bonds is 7. The third kappa shape index (κ3) is 11.2. The standard InChI is InChI=1S/C14H24/c1-4-5-6-7-8-9-10-11-12-13-14(2)3/h5-6,9-10,13H,4,7-8,11-12H2,1-3H3/b6-5+,10-9+. The van der Waals surface area contributed by atoms with Gasteiger partial charge in [0, 0.05) is 0 Å². The molecule has 0 amide bonds. The molecule has 14 heavy (non-hydrogen) atoms. The van der Waals surface area contributed by atoms with E-state index in [1.165, 1.54) is 31.3 Å². The van der Waals surface area contributed by atoms with Crippen molar-refractivity contribution in [2.24, 2.45) is 0 Å². The van der Waals surface area contributed by atoms with Crippen LogP contribution in [0.2, 0.25) is 0 Å². The van der Waals surface area contributed by atoms with Gasteiger partial charge >= 0.3 is 0 Å². The lowest BCUT2D eigenvalue weighted by Gasteiger charge is -1.90. The molecule has 0 radical (unpaired) electrons. The van der Waals surface area contributed by atoms with Gasteiger partial charge in [-0.15, -0.1) is 0 Å². The lowest BCUT2D eigenvalue weighted by atomic mass is 10.2. The Bertz CT molecular complexity index is 190. The fourth-order valence-corrected chi connectivity index (χ4v) is 1.18. The topological polar surface area (TPSA) is 0 Å². The Kier molecular flexibility index (Phi) is 9.73. The molecule has 0 aliphatic carbocycles. The Hall–Kier alpha value is -0.780. The van der Waals surface area contributed by atoms with E-state index in [9.17, 15) is 0 Å². The Morgan fingerprint density at radius 2 is 1.29 bits per heavy atom. The van der Waals surface area contributed by atoms with E-state index in [-0.39, 0.29) is 0 Å². The van der Waals surface area contributed by atoms with Gasteiger partial charge in [-0.2, -0.15) is 0 Å². The van der Waals surface area contributed by atoms with Crippen LogP contribution < -0.4 is 0 Å². The molecule has 0 nitrogen and oxygen atoms in total. The molecule has 0 atom stereocenters. The lowest BCUT2D eigenvalue weighted by molar-refractivity contribution is 0.992. The van der Waals surface area contributed by atoms with E-state index >= 15 is 0 Å². The van der Waals surface area contributed by atoms with Crippen LogP contribution in [0.5, 0.6) is 0 Å². The zero-order chi connectivity index (χ0) is 10.6. The number of unbranched alkanes of at least 4 members (excludes halogenated alkanes) is 2. The van der Waals surface area contributed by atoms with Crippen LogP contribution in [0.1, 0.15) is 52.9 Å². The van der Waals surface area contributed by atoms with E-state index < -0.39 is 0 Å². The van der Waals surface area contributed by atoms with E-state index in [1.807, 2.05) is 0 Å². The van der Waals surface area contributed by atoms with Crippen LogP contribution in [0.4, 0.5) is 0 Å². The summed E-state index contributed by atoms with van der Waals surface area (Å²) >= 11 is 0. The van der Waals surface area contributed by atoms with Crippen LogP contribution in [-0.2, 0) is 0 Å². The summed E-state index contributed by atoms with van der Waals surface area (Å²) in [6, 6.07) is 0. The minimum atomic E-state index is 1.16. The predicted molar refractivity (Wildman–Crippen MR) is 66.5 cm³/mol. The maximum absolute atomic E-state index is 2.29. The van der Waals surface area contributed by atoms with Gasteiger partial charge in [-0.1, -0.05) is 42.9 Å². The van der Waals surface area contributed by atoms with Gasteiger partial charge in [0.25, 0.3) is 0 Å². The minimum absolute atomic E-state index is 1.16. The van der Waals surface area contributed by atoms with Crippen molar-refractivity contribution < 1.29 is 0 Å². The Labute approximate surface area is 89.4 Å².